The zero-order valence-corrected chi connectivity index (χ0v) is 11.4. The lowest BCUT2D eigenvalue weighted by Crippen LogP contribution is -2.17. The number of hydrogen-bond acceptors (Lipinski definition) is 2. The van der Waals surface area contributed by atoms with Gasteiger partial charge in [0.15, 0.2) is 0 Å². The monoisotopic (exact) mass is 274 g/mol. The number of halogens is 1. The standard InChI is InChI=1S/C15H15ClN2O/c1-17-15(19)12-7-5-11(6-8-12)10-18-14-4-2-3-13(16)9-14/h2-9,18H,10H2,1H3,(H,17,19). The molecule has 0 radical (unpaired) electrons. The van der Waals surface area contributed by atoms with Gasteiger partial charge >= 0.3 is 0 Å². The Bertz CT molecular complexity index is 567. The van der Waals surface area contributed by atoms with E-state index >= 15 is 0 Å². The Morgan fingerprint density at radius 1 is 1.16 bits per heavy atom. The predicted molar refractivity (Wildman–Crippen MR) is 78.6 cm³/mol. The molecule has 0 spiro atoms. The van der Waals surface area contributed by atoms with Gasteiger partial charge in [0.2, 0.25) is 0 Å². The third kappa shape index (κ3) is 3.73. The second-order valence-electron chi connectivity index (χ2n) is 4.14. The summed E-state index contributed by atoms with van der Waals surface area (Å²) >= 11 is 5.91. The summed E-state index contributed by atoms with van der Waals surface area (Å²) in [6, 6.07) is 15.1. The van der Waals surface area contributed by atoms with Gasteiger partial charge in [-0.05, 0) is 35.9 Å². The number of rotatable bonds is 4. The molecule has 19 heavy (non-hydrogen) atoms. The number of carbonyl (C=O) groups is 1. The summed E-state index contributed by atoms with van der Waals surface area (Å²) in [5, 5.41) is 6.58. The summed E-state index contributed by atoms with van der Waals surface area (Å²) in [5.41, 5.74) is 2.74. The molecule has 2 N–H and O–H groups in total. The highest BCUT2D eigenvalue weighted by Crippen LogP contribution is 2.16. The molecule has 0 aliphatic carbocycles. The van der Waals surface area contributed by atoms with Crippen LogP contribution in [0.25, 0.3) is 0 Å². The molecule has 4 heteroatoms. The third-order valence-corrected chi connectivity index (χ3v) is 3.00. The smallest absolute Gasteiger partial charge is 0.251 e. The van der Waals surface area contributed by atoms with Gasteiger partial charge in [-0.2, -0.15) is 0 Å². The highest BCUT2D eigenvalue weighted by atomic mass is 35.5. The van der Waals surface area contributed by atoms with Crippen molar-refractivity contribution < 1.29 is 4.79 Å². The number of hydrogen-bond donors (Lipinski definition) is 2. The van der Waals surface area contributed by atoms with Crippen molar-refractivity contribution in [2.75, 3.05) is 12.4 Å². The minimum absolute atomic E-state index is 0.0747. The van der Waals surface area contributed by atoms with E-state index in [1.165, 1.54) is 0 Å². The molecular weight excluding hydrogens is 260 g/mol. The maximum absolute atomic E-state index is 11.4. The van der Waals surface area contributed by atoms with E-state index in [1.807, 2.05) is 48.5 Å². The van der Waals surface area contributed by atoms with Gasteiger partial charge in [0.1, 0.15) is 0 Å². The molecule has 0 heterocycles. The number of nitrogens with one attached hydrogen (secondary N) is 2. The maximum atomic E-state index is 11.4. The van der Waals surface area contributed by atoms with Gasteiger partial charge in [0.25, 0.3) is 5.91 Å². The fourth-order valence-electron chi connectivity index (χ4n) is 1.72. The van der Waals surface area contributed by atoms with E-state index in [1.54, 1.807) is 7.05 Å². The van der Waals surface area contributed by atoms with Crippen LogP contribution in [0.4, 0.5) is 5.69 Å². The number of carbonyl (C=O) groups excluding carboxylic acids is 1. The van der Waals surface area contributed by atoms with Crippen molar-refractivity contribution in [3.8, 4) is 0 Å². The normalized spacial score (nSPS) is 10.0. The van der Waals surface area contributed by atoms with Gasteiger partial charge in [0.05, 0.1) is 0 Å². The average molecular weight is 275 g/mol. The van der Waals surface area contributed by atoms with Gasteiger partial charge in [0, 0.05) is 29.9 Å². The lowest BCUT2D eigenvalue weighted by atomic mass is 10.1. The lowest BCUT2D eigenvalue weighted by Gasteiger charge is -2.07. The van der Waals surface area contributed by atoms with Crippen LogP contribution in [0.2, 0.25) is 5.02 Å². The van der Waals surface area contributed by atoms with Gasteiger partial charge in [-0.1, -0.05) is 29.8 Å². The van der Waals surface area contributed by atoms with Crippen LogP contribution in [0.1, 0.15) is 15.9 Å². The molecule has 0 atom stereocenters. The highest BCUT2D eigenvalue weighted by Gasteiger charge is 2.02. The summed E-state index contributed by atoms with van der Waals surface area (Å²) < 4.78 is 0. The molecule has 2 rings (SSSR count). The summed E-state index contributed by atoms with van der Waals surface area (Å²) in [5.74, 6) is -0.0747. The van der Waals surface area contributed by atoms with Crippen molar-refractivity contribution >= 4 is 23.2 Å². The minimum Gasteiger partial charge on any atom is -0.381 e. The van der Waals surface area contributed by atoms with E-state index in [4.69, 9.17) is 11.6 Å². The van der Waals surface area contributed by atoms with E-state index in [2.05, 4.69) is 10.6 Å². The summed E-state index contributed by atoms with van der Waals surface area (Å²) in [7, 11) is 1.62. The topological polar surface area (TPSA) is 41.1 Å². The van der Waals surface area contributed by atoms with Crippen LogP contribution in [0.15, 0.2) is 48.5 Å². The second-order valence-corrected chi connectivity index (χ2v) is 4.58. The molecule has 0 aromatic heterocycles. The van der Waals surface area contributed by atoms with Crippen LogP contribution in [0.3, 0.4) is 0 Å². The predicted octanol–water partition coefficient (Wildman–Crippen LogP) is 3.31. The molecule has 0 bridgehead atoms. The van der Waals surface area contributed by atoms with Crippen LogP contribution >= 0.6 is 11.6 Å². The number of amides is 1. The summed E-state index contributed by atoms with van der Waals surface area (Å²) in [6.45, 7) is 0.689. The molecule has 98 valence electrons. The quantitative estimate of drug-likeness (QED) is 0.898. The molecule has 3 nitrogen and oxygen atoms in total. The molecule has 2 aromatic carbocycles. The zero-order valence-electron chi connectivity index (χ0n) is 10.6. The second kappa shape index (κ2) is 6.25. The lowest BCUT2D eigenvalue weighted by molar-refractivity contribution is 0.0963. The summed E-state index contributed by atoms with van der Waals surface area (Å²) in [6.07, 6.45) is 0. The number of benzene rings is 2. The Kier molecular flexibility index (Phi) is 4.42. The Labute approximate surface area is 117 Å². The van der Waals surface area contributed by atoms with Crippen molar-refractivity contribution in [3.05, 3.63) is 64.7 Å². The first-order valence-corrected chi connectivity index (χ1v) is 6.37. The van der Waals surface area contributed by atoms with Crippen molar-refractivity contribution in [2.24, 2.45) is 0 Å². The average Bonchev–Trinajstić information content (AvgIpc) is 2.45. The highest BCUT2D eigenvalue weighted by molar-refractivity contribution is 6.30. The van der Waals surface area contributed by atoms with Crippen LogP contribution in [-0.2, 0) is 6.54 Å². The van der Waals surface area contributed by atoms with Crippen molar-refractivity contribution in [3.63, 3.8) is 0 Å². The Balaban J connectivity index is 1.98. The first kappa shape index (κ1) is 13.4. The first-order chi connectivity index (χ1) is 9.19. The fraction of sp³-hybridized carbons (Fsp3) is 0.133. The molecule has 0 saturated heterocycles. The Morgan fingerprint density at radius 2 is 1.89 bits per heavy atom. The van der Waals surface area contributed by atoms with E-state index in [0.717, 1.165) is 11.3 Å². The molecule has 0 aliphatic rings. The first-order valence-electron chi connectivity index (χ1n) is 5.99. The van der Waals surface area contributed by atoms with Crippen molar-refractivity contribution in [1.29, 1.82) is 0 Å². The third-order valence-electron chi connectivity index (χ3n) is 2.76. The van der Waals surface area contributed by atoms with E-state index < -0.39 is 0 Å². The molecular formula is C15H15ClN2O. The molecule has 1 amide bonds. The van der Waals surface area contributed by atoms with Crippen LogP contribution in [0.5, 0.6) is 0 Å². The van der Waals surface area contributed by atoms with E-state index in [9.17, 15) is 4.79 Å². The fourth-order valence-corrected chi connectivity index (χ4v) is 1.91. The Hall–Kier alpha value is -2.00. The number of anilines is 1. The molecule has 0 aliphatic heterocycles. The van der Waals surface area contributed by atoms with Crippen LogP contribution in [-0.4, -0.2) is 13.0 Å². The molecule has 0 unspecified atom stereocenters. The van der Waals surface area contributed by atoms with Gasteiger partial charge < -0.3 is 10.6 Å². The van der Waals surface area contributed by atoms with Gasteiger partial charge in [-0.3, -0.25) is 4.79 Å². The summed E-state index contributed by atoms with van der Waals surface area (Å²) in [4.78, 5) is 11.4. The van der Waals surface area contributed by atoms with Crippen LogP contribution < -0.4 is 10.6 Å². The molecule has 0 saturated carbocycles. The minimum atomic E-state index is -0.0747. The zero-order chi connectivity index (χ0) is 13.7. The molecule has 2 aromatic rings. The van der Waals surface area contributed by atoms with Crippen LogP contribution in [0, 0.1) is 0 Å². The van der Waals surface area contributed by atoms with Crippen molar-refractivity contribution in [2.45, 2.75) is 6.54 Å². The SMILES string of the molecule is CNC(=O)c1ccc(CNc2cccc(Cl)c2)cc1. The van der Waals surface area contributed by atoms with Gasteiger partial charge in [-0.15, -0.1) is 0 Å². The van der Waals surface area contributed by atoms with E-state index in [0.29, 0.717) is 17.1 Å². The Morgan fingerprint density at radius 3 is 2.53 bits per heavy atom. The van der Waals surface area contributed by atoms with Gasteiger partial charge in [-0.25, -0.2) is 0 Å². The largest absolute Gasteiger partial charge is 0.381 e. The van der Waals surface area contributed by atoms with Crippen molar-refractivity contribution in [1.82, 2.24) is 5.32 Å². The van der Waals surface area contributed by atoms with E-state index in [-0.39, 0.29) is 5.91 Å². The maximum Gasteiger partial charge on any atom is 0.251 e. The molecule has 0 fully saturated rings.